The van der Waals surface area contributed by atoms with Gasteiger partial charge in [-0.2, -0.15) is 5.10 Å². The Bertz CT molecular complexity index is 593. The number of aliphatic hydroxyl groups is 1. The number of aliphatic hydroxyl groups excluding tert-OH is 1. The average molecular weight is 358 g/mol. The van der Waals surface area contributed by atoms with E-state index >= 15 is 0 Å². The summed E-state index contributed by atoms with van der Waals surface area (Å²) < 4.78 is 2.65. The third-order valence-electron chi connectivity index (χ3n) is 3.26. The monoisotopic (exact) mass is 356 g/mol. The van der Waals surface area contributed by atoms with Gasteiger partial charge in [0, 0.05) is 23.5 Å². The molecule has 0 aliphatic heterocycles. The summed E-state index contributed by atoms with van der Waals surface area (Å²) in [6.45, 7) is 4.10. The zero-order chi connectivity index (χ0) is 14.9. The second-order valence-electron chi connectivity index (χ2n) is 5.21. The lowest BCUT2D eigenvalue weighted by molar-refractivity contribution is 0.177. The van der Waals surface area contributed by atoms with Gasteiger partial charge in [-0.3, -0.25) is 4.68 Å². The van der Waals surface area contributed by atoms with Crippen LogP contribution in [0.25, 0.3) is 0 Å². The van der Waals surface area contributed by atoms with E-state index in [9.17, 15) is 5.11 Å². The molecule has 1 atom stereocenters. The molecule has 1 unspecified atom stereocenters. The predicted molar refractivity (Wildman–Crippen MR) is 85.1 cm³/mol. The Morgan fingerprint density at radius 1 is 1.30 bits per heavy atom. The summed E-state index contributed by atoms with van der Waals surface area (Å²) in [6, 6.07) is 7.92. The fourth-order valence-electron chi connectivity index (χ4n) is 2.22. The first-order valence-electron chi connectivity index (χ1n) is 6.55. The van der Waals surface area contributed by atoms with E-state index in [1.807, 2.05) is 24.3 Å². The predicted octanol–water partition coefficient (Wildman–Crippen LogP) is 4.24. The molecule has 0 radical (unpaired) electrons. The molecule has 0 aliphatic carbocycles. The van der Waals surface area contributed by atoms with Crippen LogP contribution in [0.15, 0.2) is 28.7 Å². The summed E-state index contributed by atoms with van der Waals surface area (Å²) in [5, 5.41) is 15.4. The van der Waals surface area contributed by atoms with Gasteiger partial charge in [-0.05, 0) is 23.6 Å². The molecule has 1 aromatic carbocycles. The summed E-state index contributed by atoms with van der Waals surface area (Å²) in [6.07, 6.45) is -0.118. The lowest BCUT2D eigenvalue weighted by Gasteiger charge is -2.13. The van der Waals surface area contributed by atoms with E-state index < -0.39 is 6.10 Å². The third-order valence-corrected chi connectivity index (χ3v) is 4.24. The SMILES string of the molecule is CC(C)c1nn(C)c(Cl)c1C(O)Cc1ccc(Br)cc1. The molecule has 108 valence electrons. The Morgan fingerprint density at radius 3 is 2.45 bits per heavy atom. The fraction of sp³-hybridized carbons (Fsp3) is 0.400. The molecule has 0 saturated heterocycles. The molecule has 0 saturated carbocycles. The Hall–Kier alpha value is -0.840. The van der Waals surface area contributed by atoms with Crippen molar-refractivity contribution in [2.24, 2.45) is 7.05 Å². The molecule has 2 rings (SSSR count). The fourth-order valence-corrected chi connectivity index (χ4v) is 2.74. The van der Waals surface area contributed by atoms with Crippen LogP contribution < -0.4 is 0 Å². The van der Waals surface area contributed by atoms with Gasteiger partial charge in [0.2, 0.25) is 0 Å². The van der Waals surface area contributed by atoms with Crippen molar-refractivity contribution in [3.8, 4) is 0 Å². The molecule has 0 bridgehead atoms. The molecule has 20 heavy (non-hydrogen) atoms. The van der Waals surface area contributed by atoms with Crippen molar-refractivity contribution < 1.29 is 5.11 Å². The average Bonchev–Trinajstić information content (AvgIpc) is 2.69. The van der Waals surface area contributed by atoms with Crippen LogP contribution in [0.3, 0.4) is 0 Å². The van der Waals surface area contributed by atoms with Crippen molar-refractivity contribution >= 4 is 27.5 Å². The van der Waals surface area contributed by atoms with Gasteiger partial charge in [0.15, 0.2) is 0 Å². The van der Waals surface area contributed by atoms with Crippen LogP contribution in [0.4, 0.5) is 0 Å². The molecular weight excluding hydrogens is 340 g/mol. The van der Waals surface area contributed by atoms with Crippen LogP contribution in [0.5, 0.6) is 0 Å². The van der Waals surface area contributed by atoms with Crippen LogP contribution in [0.1, 0.15) is 42.7 Å². The second-order valence-corrected chi connectivity index (χ2v) is 6.49. The number of nitrogens with zero attached hydrogens (tertiary/aromatic N) is 2. The molecular formula is C15H18BrClN2O. The Balaban J connectivity index is 2.29. The van der Waals surface area contributed by atoms with Crippen LogP contribution in [-0.2, 0) is 13.5 Å². The summed E-state index contributed by atoms with van der Waals surface area (Å²) in [4.78, 5) is 0. The molecule has 0 fully saturated rings. The van der Waals surface area contributed by atoms with Gasteiger partial charge in [-0.1, -0.05) is 53.5 Å². The number of halogens is 2. The zero-order valence-corrected chi connectivity index (χ0v) is 14.1. The van der Waals surface area contributed by atoms with E-state index in [0.29, 0.717) is 11.6 Å². The maximum atomic E-state index is 10.5. The van der Waals surface area contributed by atoms with Gasteiger partial charge in [0.25, 0.3) is 0 Å². The lowest BCUT2D eigenvalue weighted by Crippen LogP contribution is -2.05. The Kier molecular flexibility index (Phi) is 4.89. The molecule has 0 spiro atoms. The smallest absolute Gasteiger partial charge is 0.132 e. The maximum Gasteiger partial charge on any atom is 0.132 e. The van der Waals surface area contributed by atoms with E-state index in [4.69, 9.17) is 11.6 Å². The van der Waals surface area contributed by atoms with Gasteiger partial charge in [-0.15, -0.1) is 0 Å². The summed E-state index contributed by atoms with van der Waals surface area (Å²) >= 11 is 9.68. The minimum atomic E-state index is -0.644. The highest BCUT2D eigenvalue weighted by Crippen LogP contribution is 2.32. The first kappa shape index (κ1) is 15.5. The molecule has 3 nitrogen and oxygen atoms in total. The third kappa shape index (κ3) is 3.25. The largest absolute Gasteiger partial charge is 0.388 e. The highest BCUT2D eigenvalue weighted by Gasteiger charge is 2.23. The normalized spacial score (nSPS) is 12.9. The Morgan fingerprint density at radius 2 is 1.90 bits per heavy atom. The number of aryl methyl sites for hydroxylation is 1. The van der Waals surface area contributed by atoms with Crippen molar-refractivity contribution in [3.05, 3.63) is 50.7 Å². The highest BCUT2D eigenvalue weighted by atomic mass is 79.9. The van der Waals surface area contributed by atoms with Crippen LogP contribution >= 0.6 is 27.5 Å². The van der Waals surface area contributed by atoms with E-state index in [1.54, 1.807) is 11.7 Å². The number of rotatable bonds is 4. The summed E-state index contributed by atoms with van der Waals surface area (Å²) in [7, 11) is 1.80. The van der Waals surface area contributed by atoms with Gasteiger partial charge in [-0.25, -0.2) is 0 Å². The van der Waals surface area contributed by atoms with Gasteiger partial charge >= 0.3 is 0 Å². The molecule has 0 aliphatic rings. The minimum Gasteiger partial charge on any atom is -0.388 e. The van der Waals surface area contributed by atoms with E-state index in [0.717, 1.165) is 21.3 Å². The van der Waals surface area contributed by atoms with Gasteiger partial charge in [0.1, 0.15) is 5.15 Å². The topological polar surface area (TPSA) is 38.0 Å². The standard InChI is InChI=1S/C15H18BrClN2O/c1-9(2)14-13(15(17)19(3)18-14)12(20)8-10-4-6-11(16)7-5-10/h4-7,9,12,20H,8H2,1-3H3. The van der Waals surface area contributed by atoms with Crippen molar-refractivity contribution in [1.82, 2.24) is 9.78 Å². The van der Waals surface area contributed by atoms with Crippen LogP contribution in [0.2, 0.25) is 5.15 Å². The van der Waals surface area contributed by atoms with Crippen molar-refractivity contribution in [3.63, 3.8) is 0 Å². The first-order chi connectivity index (χ1) is 9.40. The number of hydrogen-bond donors (Lipinski definition) is 1. The molecule has 2 aromatic rings. The van der Waals surface area contributed by atoms with Crippen molar-refractivity contribution in [2.45, 2.75) is 32.3 Å². The molecule has 1 N–H and O–H groups in total. The minimum absolute atomic E-state index is 0.225. The lowest BCUT2D eigenvalue weighted by atomic mass is 9.98. The van der Waals surface area contributed by atoms with E-state index in [-0.39, 0.29) is 5.92 Å². The zero-order valence-electron chi connectivity index (χ0n) is 11.8. The number of hydrogen-bond acceptors (Lipinski definition) is 2. The van der Waals surface area contributed by atoms with E-state index in [2.05, 4.69) is 34.9 Å². The quantitative estimate of drug-likeness (QED) is 0.889. The summed E-state index contributed by atoms with van der Waals surface area (Å²) in [5.41, 5.74) is 2.67. The molecule has 0 amide bonds. The maximum absolute atomic E-state index is 10.5. The number of aromatic nitrogens is 2. The molecule has 1 heterocycles. The summed E-state index contributed by atoms with van der Waals surface area (Å²) in [5.74, 6) is 0.225. The molecule has 1 aromatic heterocycles. The van der Waals surface area contributed by atoms with Crippen LogP contribution in [0, 0.1) is 0 Å². The van der Waals surface area contributed by atoms with Crippen molar-refractivity contribution in [2.75, 3.05) is 0 Å². The molecule has 5 heteroatoms. The first-order valence-corrected chi connectivity index (χ1v) is 7.72. The van der Waals surface area contributed by atoms with Gasteiger partial charge < -0.3 is 5.11 Å². The number of benzene rings is 1. The van der Waals surface area contributed by atoms with Gasteiger partial charge in [0.05, 0.1) is 11.8 Å². The van der Waals surface area contributed by atoms with E-state index in [1.165, 1.54) is 0 Å². The highest BCUT2D eigenvalue weighted by molar-refractivity contribution is 9.10. The Labute approximate surface area is 132 Å². The van der Waals surface area contributed by atoms with Crippen molar-refractivity contribution in [1.29, 1.82) is 0 Å². The second kappa shape index (κ2) is 6.29. The van der Waals surface area contributed by atoms with Crippen LogP contribution in [-0.4, -0.2) is 14.9 Å².